The minimum absolute atomic E-state index is 0.00540. The Kier molecular flexibility index (Phi) is 7.45. The van der Waals surface area contributed by atoms with E-state index in [1.54, 1.807) is 12.1 Å². The second kappa shape index (κ2) is 9.91. The van der Waals surface area contributed by atoms with E-state index in [0.717, 1.165) is 57.1 Å². The van der Waals surface area contributed by atoms with Gasteiger partial charge in [0.05, 0.1) is 21.7 Å². The summed E-state index contributed by atoms with van der Waals surface area (Å²) in [6.07, 6.45) is -2.01. The maximum atomic E-state index is 13.0. The van der Waals surface area contributed by atoms with E-state index in [1.807, 2.05) is 0 Å². The van der Waals surface area contributed by atoms with Crippen molar-refractivity contribution >= 4 is 21.6 Å². The average molecular weight is 470 g/mol. The first-order valence-corrected chi connectivity index (χ1v) is 11.9. The summed E-state index contributed by atoms with van der Waals surface area (Å²) in [7, 11) is -4.34. The lowest BCUT2D eigenvalue weighted by Crippen LogP contribution is -2.44. The molecule has 1 amide bonds. The van der Waals surface area contributed by atoms with Crippen LogP contribution in [0.25, 0.3) is 0 Å². The molecule has 2 N–H and O–H groups in total. The summed E-state index contributed by atoms with van der Waals surface area (Å²) >= 11 is 0. The highest BCUT2D eigenvalue weighted by Crippen LogP contribution is 2.31. The van der Waals surface area contributed by atoms with E-state index < -0.39 is 32.6 Å². The smallest absolute Gasteiger partial charge is 0.349 e. The molecule has 0 atom stereocenters. The van der Waals surface area contributed by atoms with Crippen LogP contribution in [-0.2, 0) is 16.2 Å². The van der Waals surface area contributed by atoms with Crippen LogP contribution in [0, 0.1) is 0 Å². The number of alkyl halides is 3. The molecule has 0 spiro atoms. The number of rotatable bonds is 7. The number of amides is 1. The van der Waals surface area contributed by atoms with Gasteiger partial charge in [-0.15, -0.1) is 0 Å². The summed E-state index contributed by atoms with van der Waals surface area (Å²) in [6.45, 7) is 4.89. The first-order chi connectivity index (χ1) is 15.1. The van der Waals surface area contributed by atoms with Gasteiger partial charge in [-0.2, -0.15) is 13.2 Å². The number of nitrogens with zero attached hydrogens (tertiary/aromatic N) is 1. The number of anilines is 1. The fraction of sp³-hybridized carbons (Fsp3) is 0.409. The van der Waals surface area contributed by atoms with E-state index in [9.17, 15) is 26.4 Å². The van der Waals surface area contributed by atoms with E-state index >= 15 is 0 Å². The molecule has 1 heterocycles. The van der Waals surface area contributed by atoms with E-state index in [0.29, 0.717) is 6.07 Å². The average Bonchev–Trinajstić information content (AvgIpc) is 2.75. The predicted octanol–water partition coefficient (Wildman–Crippen LogP) is 4.11. The van der Waals surface area contributed by atoms with Crippen molar-refractivity contribution in [3.05, 3.63) is 59.7 Å². The third-order valence-corrected chi connectivity index (χ3v) is 6.71. The quantitative estimate of drug-likeness (QED) is 0.640. The molecule has 1 aliphatic rings. The molecule has 1 fully saturated rings. The first kappa shape index (κ1) is 24.1. The number of benzene rings is 2. The SMILES string of the molecule is CCCN1CCC(NC(=O)c2ccccc2NS(=O)(=O)c2cccc(C(F)(F)F)c2)CC1. The fourth-order valence-corrected chi connectivity index (χ4v) is 4.82. The monoisotopic (exact) mass is 469 g/mol. The Morgan fingerprint density at radius 3 is 2.44 bits per heavy atom. The molecule has 174 valence electrons. The van der Waals surface area contributed by atoms with Gasteiger partial charge in [-0.1, -0.05) is 25.1 Å². The molecule has 0 aromatic heterocycles. The highest BCUT2D eigenvalue weighted by Gasteiger charge is 2.32. The number of likely N-dealkylation sites (tertiary alicyclic amines) is 1. The van der Waals surface area contributed by atoms with Crippen molar-refractivity contribution in [1.29, 1.82) is 0 Å². The molecule has 0 radical (unpaired) electrons. The summed E-state index contributed by atoms with van der Waals surface area (Å²) in [5, 5.41) is 2.94. The molecule has 0 bridgehead atoms. The Balaban J connectivity index is 1.75. The number of halogens is 3. The molecule has 1 saturated heterocycles. The van der Waals surface area contributed by atoms with Crippen LogP contribution in [0.2, 0.25) is 0 Å². The zero-order chi connectivity index (χ0) is 23.4. The number of hydrogen-bond acceptors (Lipinski definition) is 4. The first-order valence-electron chi connectivity index (χ1n) is 10.4. The number of piperidine rings is 1. The molecule has 0 aliphatic carbocycles. The van der Waals surface area contributed by atoms with Gasteiger partial charge in [-0.3, -0.25) is 9.52 Å². The number of carbonyl (C=O) groups is 1. The van der Waals surface area contributed by atoms with Crippen LogP contribution < -0.4 is 10.0 Å². The van der Waals surface area contributed by atoms with Gasteiger partial charge in [-0.25, -0.2) is 8.42 Å². The third kappa shape index (κ3) is 6.01. The van der Waals surface area contributed by atoms with Crippen molar-refractivity contribution < 1.29 is 26.4 Å². The van der Waals surface area contributed by atoms with Crippen LogP contribution in [-0.4, -0.2) is 44.9 Å². The highest BCUT2D eigenvalue weighted by atomic mass is 32.2. The van der Waals surface area contributed by atoms with Gasteiger partial charge in [0.1, 0.15) is 0 Å². The Labute approximate surface area is 185 Å². The minimum atomic E-state index is -4.67. The van der Waals surface area contributed by atoms with Gasteiger partial charge >= 0.3 is 6.18 Å². The van der Waals surface area contributed by atoms with Gasteiger partial charge in [0.2, 0.25) is 0 Å². The van der Waals surface area contributed by atoms with Crippen LogP contribution in [0.5, 0.6) is 0 Å². The third-order valence-electron chi connectivity index (χ3n) is 5.35. The molecular weight excluding hydrogens is 443 g/mol. The van der Waals surface area contributed by atoms with Crippen molar-refractivity contribution in [2.75, 3.05) is 24.4 Å². The second-order valence-electron chi connectivity index (χ2n) is 7.77. The summed E-state index contributed by atoms with van der Waals surface area (Å²) < 4.78 is 66.6. The van der Waals surface area contributed by atoms with Crippen molar-refractivity contribution in [1.82, 2.24) is 10.2 Å². The number of nitrogens with one attached hydrogen (secondary N) is 2. The maximum absolute atomic E-state index is 13.0. The van der Waals surface area contributed by atoms with Crippen LogP contribution >= 0.6 is 0 Å². The number of sulfonamides is 1. The van der Waals surface area contributed by atoms with Gasteiger partial charge in [0.25, 0.3) is 15.9 Å². The molecule has 3 rings (SSSR count). The molecular formula is C22H26F3N3O3S. The number of hydrogen-bond donors (Lipinski definition) is 2. The molecule has 32 heavy (non-hydrogen) atoms. The van der Waals surface area contributed by atoms with Crippen molar-refractivity contribution in [3.8, 4) is 0 Å². The number of para-hydroxylation sites is 1. The topological polar surface area (TPSA) is 78.5 Å². The normalized spacial score (nSPS) is 16.0. The summed E-state index contributed by atoms with van der Waals surface area (Å²) in [6, 6.07) is 9.47. The van der Waals surface area contributed by atoms with E-state index in [4.69, 9.17) is 0 Å². The lowest BCUT2D eigenvalue weighted by molar-refractivity contribution is -0.137. The molecule has 2 aromatic rings. The summed E-state index contributed by atoms with van der Waals surface area (Å²) in [5.74, 6) is -0.429. The van der Waals surface area contributed by atoms with Crippen molar-refractivity contribution in [3.63, 3.8) is 0 Å². The predicted molar refractivity (Wildman–Crippen MR) is 116 cm³/mol. The Morgan fingerprint density at radius 1 is 1.09 bits per heavy atom. The van der Waals surface area contributed by atoms with Crippen LogP contribution in [0.1, 0.15) is 42.1 Å². The van der Waals surface area contributed by atoms with Crippen LogP contribution in [0.4, 0.5) is 18.9 Å². The lowest BCUT2D eigenvalue weighted by atomic mass is 10.0. The van der Waals surface area contributed by atoms with E-state index in [1.165, 1.54) is 12.1 Å². The van der Waals surface area contributed by atoms with Gasteiger partial charge in [0, 0.05) is 19.1 Å². The molecule has 0 unspecified atom stereocenters. The molecule has 10 heteroatoms. The summed E-state index contributed by atoms with van der Waals surface area (Å²) in [4.78, 5) is 14.6. The Bertz CT molecular complexity index is 1050. The molecule has 6 nitrogen and oxygen atoms in total. The van der Waals surface area contributed by atoms with Crippen LogP contribution in [0.15, 0.2) is 53.4 Å². The van der Waals surface area contributed by atoms with Gasteiger partial charge in [0.15, 0.2) is 0 Å². The van der Waals surface area contributed by atoms with E-state index in [2.05, 4.69) is 21.9 Å². The second-order valence-corrected chi connectivity index (χ2v) is 9.45. The Hall–Kier alpha value is -2.59. The van der Waals surface area contributed by atoms with Gasteiger partial charge < -0.3 is 10.2 Å². The van der Waals surface area contributed by atoms with Gasteiger partial charge in [-0.05, 0) is 56.1 Å². The Morgan fingerprint density at radius 2 is 1.78 bits per heavy atom. The minimum Gasteiger partial charge on any atom is -0.349 e. The van der Waals surface area contributed by atoms with Crippen molar-refractivity contribution in [2.45, 2.75) is 43.3 Å². The highest BCUT2D eigenvalue weighted by molar-refractivity contribution is 7.92. The standard InChI is InChI=1S/C22H26F3N3O3S/c1-2-12-28-13-10-17(11-14-28)26-21(29)19-8-3-4-9-20(19)27-32(30,31)18-7-5-6-16(15-18)22(23,24)25/h3-9,15,17,27H,2,10-14H2,1H3,(H,26,29). The van der Waals surface area contributed by atoms with Crippen LogP contribution in [0.3, 0.4) is 0 Å². The largest absolute Gasteiger partial charge is 0.416 e. The number of carbonyl (C=O) groups excluding carboxylic acids is 1. The van der Waals surface area contributed by atoms with E-state index in [-0.39, 0.29) is 17.3 Å². The van der Waals surface area contributed by atoms with Crippen molar-refractivity contribution in [2.24, 2.45) is 0 Å². The molecule has 0 saturated carbocycles. The lowest BCUT2D eigenvalue weighted by Gasteiger charge is -2.32. The zero-order valence-corrected chi connectivity index (χ0v) is 18.5. The molecule has 1 aliphatic heterocycles. The fourth-order valence-electron chi connectivity index (χ4n) is 3.69. The maximum Gasteiger partial charge on any atom is 0.416 e. The summed E-state index contributed by atoms with van der Waals surface area (Å²) in [5.41, 5.74) is -0.953. The molecule has 2 aromatic carbocycles. The zero-order valence-electron chi connectivity index (χ0n) is 17.7.